The second kappa shape index (κ2) is 7.30. The van der Waals surface area contributed by atoms with Crippen molar-refractivity contribution < 1.29 is 0 Å². The molecular formula is C16H25BrN2. The summed E-state index contributed by atoms with van der Waals surface area (Å²) < 4.78 is 1.15. The molecule has 3 heteroatoms. The summed E-state index contributed by atoms with van der Waals surface area (Å²) in [6.45, 7) is 5.41. The fourth-order valence-corrected chi connectivity index (χ4v) is 3.50. The van der Waals surface area contributed by atoms with Gasteiger partial charge >= 0.3 is 0 Å². The van der Waals surface area contributed by atoms with Gasteiger partial charge in [0.2, 0.25) is 0 Å². The Morgan fingerprint density at radius 3 is 2.68 bits per heavy atom. The number of nitrogens with two attached hydrogens (primary N) is 1. The summed E-state index contributed by atoms with van der Waals surface area (Å²) in [7, 11) is 0. The number of halogens is 1. The Morgan fingerprint density at radius 1 is 1.32 bits per heavy atom. The van der Waals surface area contributed by atoms with Crippen molar-refractivity contribution in [3.8, 4) is 0 Å². The average molecular weight is 325 g/mol. The third-order valence-electron chi connectivity index (χ3n) is 4.11. The molecule has 2 rings (SSSR count). The third-order valence-corrected chi connectivity index (χ3v) is 4.60. The number of hydrogen-bond donors (Lipinski definition) is 1. The first-order valence-electron chi connectivity index (χ1n) is 7.48. The van der Waals surface area contributed by atoms with Crippen LogP contribution in [0.4, 0.5) is 5.69 Å². The number of benzene rings is 1. The zero-order chi connectivity index (χ0) is 13.7. The van der Waals surface area contributed by atoms with E-state index in [2.05, 4.69) is 46.0 Å². The molecule has 0 unspecified atom stereocenters. The predicted molar refractivity (Wildman–Crippen MR) is 86.7 cm³/mol. The highest BCUT2D eigenvalue weighted by molar-refractivity contribution is 9.10. The standard InChI is InChI=1S/C16H25BrN2/c1-2-3-13-7-10-19(11-8-13)16-5-4-15(17)12-14(16)6-9-18/h4-5,12-13H,2-3,6-11,18H2,1H3. The summed E-state index contributed by atoms with van der Waals surface area (Å²) in [4.78, 5) is 2.55. The van der Waals surface area contributed by atoms with Crippen molar-refractivity contribution in [1.29, 1.82) is 0 Å². The first-order valence-corrected chi connectivity index (χ1v) is 8.27. The van der Waals surface area contributed by atoms with Gasteiger partial charge in [-0.2, -0.15) is 0 Å². The fraction of sp³-hybridized carbons (Fsp3) is 0.625. The van der Waals surface area contributed by atoms with Crippen molar-refractivity contribution in [3.63, 3.8) is 0 Å². The first kappa shape index (κ1) is 14.9. The van der Waals surface area contributed by atoms with Gasteiger partial charge in [-0.1, -0.05) is 35.7 Å². The van der Waals surface area contributed by atoms with Crippen LogP contribution in [0.25, 0.3) is 0 Å². The zero-order valence-corrected chi connectivity index (χ0v) is 13.5. The Kier molecular flexibility index (Phi) is 5.71. The van der Waals surface area contributed by atoms with Crippen molar-refractivity contribution >= 4 is 21.6 Å². The lowest BCUT2D eigenvalue weighted by atomic mass is 9.92. The molecule has 1 aromatic carbocycles. The molecule has 0 aromatic heterocycles. The summed E-state index contributed by atoms with van der Waals surface area (Å²) in [5.74, 6) is 0.939. The quantitative estimate of drug-likeness (QED) is 0.888. The molecule has 1 fully saturated rings. The van der Waals surface area contributed by atoms with Crippen LogP contribution in [0, 0.1) is 5.92 Å². The van der Waals surface area contributed by atoms with Gasteiger partial charge in [-0.05, 0) is 55.5 Å². The average Bonchev–Trinajstić information content (AvgIpc) is 2.41. The zero-order valence-electron chi connectivity index (χ0n) is 11.9. The van der Waals surface area contributed by atoms with E-state index in [1.807, 2.05) is 0 Å². The molecule has 0 bridgehead atoms. The number of piperidine rings is 1. The van der Waals surface area contributed by atoms with E-state index in [-0.39, 0.29) is 0 Å². The van der Waals surface area contributed by atoms with Crippen molar-refractivity contribution in [2.75, 3.05) is 24.5 Å². The van der Waals surface area contributed by atoms with E-state index in [4.69, 9.17) is 5.73 Å². The minimum Gasteiger partial charge on any atom is -0.371 e. The van der Waals surface area contributed by atoms with E-state index in [1.54, 1.807) is 0 Å². The second-order valence-corrected chi connectivity index (χ2v) is 6.45. The van der Waals surface area contributed by atoms with Crippen LogP contribution in [0.5, 0.6) is 0 Å². The van der Waals surface area contributed by atoms with E-state index in [0.29, 0.717) is 0 Å². The Labute approximate surface area is 125 Å². The van der Waals surface area contributed by atoms with Crippen molar-refractivity contribution in [2.24, 2.45) is 11.7 Å². The van der Waals surface area contributed by atoms with Crippen LogP contribution in [-0.2, 0) is 6.42 Å². The summed E-state index contributed by atoms with van der Waals surface area (Å²) in [6.07, 6.45) is 6.35. The molecule has 1 saturated heterocycles. The molecule has 0 aliphatic carbocycles. The summed E-state index contributed by atoms with van der Waals surface area (Å²) in [5, 5.41) is 0. The summed E-state index contributed by atoms with van der Waals surface area (Å²) in [5.41, 5.74) is 8.51. The molecule has 106 valence electrons. The van der Waals surface area contributed by atoms with E-state index in [1.165, 1.54) is 50.0 Å². The molecule has 1 aliphatic heterocycles. The normalized spacial score (nSPS) is 16.9. The van der Waals surface area contributed by atoms with Crippen molar-refractivity contribution in [3.05, 3.63) is 28.2 Å². The predicted octanol–water partition coefficient (Wildman–Crippen LogP) is 3.97. The summed E-state index contributed by atoms with van der Waals surface area (Å²) in [6, 6.07) is 6.61. The first-order chi connectivity index (χ1) is 9.24. The Hall–Kier alpha value is -0.540. The molecule has 0 atom stereocenters. The van der Waals surface area contributed by atoms with Crippen LogP contribution in [0.3, 0.4) is 0 Å². The molecule has 0 saturated carbocycles. The maximum Gasteiger partial charge on any atom is 0.0400 e. The van der Waals surface area contributed by atoms with Gasteiger partial charge in [0.15, 0.2) is 0 Å². The maximum absolute atomic E-state index is 5.74. The van der Waals surface area contributed by atoms with E-state index in [9.17, 15) is 0 Å². The van der Waals surface area contributed by atoms with Crippen LogP contribution < -0.4 is 10.6 Å². The van der Waals surface area contributed by atoms with Crippen LogP contribution in [0.1, 0.15) is 38.2 Å². The van der Waals surface area contributed by atoms with Crippen molar-refractivity contribution in [2.45, 2.75) is 39.0 Å². The van der Waals surface area contributed by atoms with Crippen molar-refractivity contribution in [1.82, 2.24) is 0 Å². The van der Waals surface area contributed by atoms with Gasteiger partial charge in [0, 0.05) is 23.2 Å². The SMILES string of the molecule is CCCC1CCN(c2ccc(Br)cc2CCN)CC1. The number of hydrogen-bond acceptors (Lipinski definition) is 2. The molecular weight excluding hydrogens is 300 g/mol. The molecule has 2 N–H and O–H groups in total. The number of nitrogens with zero attached hydrogens (tertiary/aromatic N) is 1. The molecule has 1 aromatic rings. The molecule has 1 heterocycles. The number of rotatable bonds is 5. The molecule has 1 aliphatic rings. The van der Waals surface area contributed by atoms with E-state index >= 15 is 0 Å². The maximum atomic E-state index is 5.74. The molecule has 0 radical (unpaired) electrons. The van der Waals surface area contributed by atoms with Gasteiger partial charge in [-0.25, -0.2) is 0 Å². The highest BCUT2D eigenvalue weighted by Gasteiger charge is 2.20. The minimum absolute atomic E-state index is 0.718. The lowest BCUT2D eigenvalue weighted by molar-refractivity contribution is 0.378. The highest BCUT2D eigenvalue weighted by Crippen LogP contribution is 2.30. The topological polar surface area (TPSA) is 29.3 Å². The minimum atomic E-state index is 0.718. The highest BCUT2D eigenvalue weighted by atomic mass is 79.9. The molecule has 0 spiro atoms. The van der Waals surface area contributed by atoms with E-state index in [0.717, 1.165) is 23.4 Å². The van der Waals surface area contributed by atoms with Crippen LogP contribution in [-0.4, -0.2) is 19.6 Å². The van der Waals surface area contributed by atoms with Crippen LogP contribution in [0.2, 0.25) is 0 Å². The lowest BCUT2D eigenvalue weighted by Gasteiger charge is -2.35. The third kappa shape index (κ3) is 3.96. The van der Waals surface area contributed by atoms with Crippen LogP contribution in [0.15, 0.2) is 22.7 Å². The Balaban J connectivity index is 2.06. The van der Waals surface area contributed by atoms with Gasteiger partial charge in [0.05, 0.1) is 0 Å². The Bertz CT molecular complexity index is 398. The lowest BCUT2D eigenvalue weighted by Crippen LogP contribution is -2.34. The molecule has 2 nitrogen and oxygen atoms in total. The van der Waals surface area contributed by atoms with Gasteiger partial charge in [0.1, 0.15) is 0 Å². The smallest absolute Gasteiger partial charge is 0.0400 e. The number of anilines is 1. The fourth-order valence-electron chi connectivity index (χ4n) is 3.09. The second-order valence-electron chi connectivity index (χ2n) is 5.53. The van der Waals surface area contributed by atoms with Gasteiger partial charge in [-0.15, -0.1) is 0 Å². The largest absolute Gasteiger partial charge is 0.371 e. The monoisotopic (exact) mass is 324 g/mol. The van der Waals surface area contributed by atoms with Gasteiger partial charge in [-0.3, -0.25) is 0 Å². The van der Waals surface area contributed by atoms with E-state index < -0.39 is 0 Å². The Morgan fingerprint density at radius 2 is 2.05 bits per heavy atom. The summed E-state index contributed by atoms with van der Waals surface area (Å²) >= 11 is 3.56. The molecule has 19 heavy (non-hydrogen) atoms. The molecule has 0 amide bonds. The van der Waals surface area contributed by atoms with Gasteiger partial charge in [0.25, 0.3) is 0 Å². The van der Waals surface area contributed by atoms with Crippen LogP contribution >= 0.6 is 15.9 Å². The van der Waals surface area contributed by atoms with Gasteiger partial charge < -0.3 is 10.6 Å².